The summed E-state index contributed by atoms with van der Waals surface area (Å²) >= 11 is 0. The van der Waals surface area contributed by atoms with Crippen LogP contribution in [0.1, 0.15) is 28.5 Å². The lowest BCUT2D eigenvalue weighted by atomic mass is 10.0. The van der Waals surface area contributed by atoms with Crippen LogP contribution < -0.4 is 0 Å². The van der Waals surface area contributed by atoms with E-state index in [2.05, 4.69) is 14.7 Å². The van der Waals surface area contributed by atoms with Gasteiger partial charge in [-0.2, -0.15) is 4.98 Å². The molecule has 0 radical (unpaired) electrons. The molecule has 2 aromatic rings. The van der Waals surface area contributed by atoms with Gasteiger partial charge < -0.3 is 4.52 Å². The minimum atomic E-state index is -0.841. The molecule has 1 aromatic heterocycles. The van der Waals surface area contributed by atoms with Gasteiger partial charge in [-0.25, -0.2) is 4.39 Å². The minimum Gasteiger partial charge on any atom is -0.340 e. The molecule has 6 nitrogen and oxygen atoms in total. The van der Waals surface area contributed by atoms with E-state index in [1.165, 1.54) is 12.1 Å². The predicted molar refractivity (Wildman–Crippen MR) is 68.1 cm³/mol. The van der Waals surface area contributed by atoms with Crippen LogP contribution in [0.5, 0.6) is 0 Å². The molecule has 0 aliphatic heterocycles. The van der Waals surface area contributed by atoms with Gasteiger partial charge in [0.1, 0.15) is 5.82 Å². The number of hydrogen-bond donors (Lipinski definition) is 0. The Labute approximate surface area is 119 Å². The van der Waals surface area contributed by atoms with Crippen LogP contribution in [-0.2, 0) is 16.0 Å². The highest BCUT2D eigenvalue weighted by Crippen LogP contribution is 2.07. The van der Waals surface area contributed by atoms with Crippen LogP contribution in [0, 0.1) is 12.7 Å². The topological polar surface area (TPSA) is 90.1 Å². The van der Waals surface area contributed by atoms with E-state index in [1.54, 1.807) is 6.92 Å². The molecule has 0 saturated carbocycles. The van der Waals surface area contributed by atoms with Crippen LogP contribution in [-0.4, -0.2) is 27.5 Å². The highest BCUT2D eigenvalue weighted by molar-refractivity contribution is 6.41. The average Bonchev–Trinajstić information content (AvgIpc) is 2.84. The number of halogens is 1. The molecule has 0 N–H and O–H groups in total. The maximum Gasteiger partial charge on any atom is 0.223 e. The summed E-state index contributed by atoms with van der Waals surface area (Å²) in [4.78, 5) is 38.9. The fraction of sp³-hybridized carbons (Fsp3) is 0.214. The lowest BCUT2D eigenvalue weighted by Gasteiger charge is -1.99. The summed E-state index contributed by atoms with van der Waals surface area (Å²) in [5.74, 6) is -2.26. The number of Topliss-reactive ketones (excluding diaryl/α,β-unsaturated/α-hetero) is 3. The number of carbonyl (C=O) groups is 3. The van der Waals surface area contributed by atoms with Crippen LogP contribution in [0.3, 0.4) is 0 Å². The molecule has 1 aromatic carbocycles. The van der Waals surface area contributed by atoms with Crippen molar-refractivity contribution >= 4 is 17.3 Å². The van der Waals surface area contributed by atoms with E-state index in [0.29, 0.717) is 0 Å². The number of rotatable bonds is 6. The maximum absolute atomic E-state index is 12.7. The van der Waals surface area contributed by atoms with Crippen molar-refractivity contribution in [1.82, 2.24) is 10.1 Å². The molecule has 0 bridgehead atoms. The minimum absolute atomic E-state index is 0.0973. The second-order valence-corrected chi connectivity index (χ2v) is 4.36. The van der Waals surface area contributed by atoms with Crippen LogP contribution in [0.15, 0.2) is 28.8 Å². The maximum atomic E-state index is 12.7. The molecule has 0 unspecified atom stereocenters. The second-order valence-electron chi connectivity index (χ2n) is 4.36. The fourth-order valence-electron chi connectivity index (χ4n) is 1.64. The van der Waals surface area contributed by atoms with Crippen LogP contribution in [0.4, 0.5) is 4.39 Å². The molecular formula is C14H11FN2O4. The third-order valence-electron chi connectivity index (χ3n) is 2.69. The Morgan fingerprint density at radius 1 is 1.14 bits per heavy atom. The normalized spacial score (nSPS) is 10.4. The Morgan fingerprint density at radius 2 is 1.81 bits per heavy atom. The Hall–Kier alpha value is -2.70. The Bertz CT molecular complexity index is 691. The number of hydrogen-bond acceptors (Lipinski definition) is 6. The zero-order valence-electron chi connectivity index (χ0n) is 11.1. The first-order chi connectivity index (χ1) is 9.95. The number of benzene rings is 1. The summed E-state index contributed by atoms with van der Waals surface area (Å²) < 4.78 is 17.4. The lowest BCUT2D eigenvalue weighted by molar-refractivity contribution is -0.135. The van der Waals surface area contributed by atoms with Crippen molar-refractivity contribution in [2.45, 2.75) is 19.8 Å². The summed E-state index contributed by atoms with van der Waals surface area (Å²) in [7, 11) is 0. The molecule has 0 saturated heterocycles. The number of ketones is 3. The zero-order valence-corrected chi connectivity index (χ0v) is 11.1. The fourth-order valence-corrected chi connectivity index (χ4v) is 1.64. The van der Waals surface area contributed by atoms with Crippen LogP contribution in [0.2, 0.25) is 0 Å². The molecule has 0 spiro atoms. The molecule has 0 fully saturated rings. The average molecular weight is 290 g/mol. The van der Waals surface area contributed by atoms with E-state index in [-0.39, 0.29) is 23.7 Å². The lowest BCUT2D eigenvalue weighted by Crippen LogP contribution is -2.20. The van der Waals surface area contributed by atoms with E-state index in [4.69, 9.17) is 0 Å². The van der Waals surface area contributed by atoms with Gasteiger partial charge in [-0.1, -0.05) is 5.16 Å². The molecule has 7 heteroatoms. The summed E-state index contributed by atoms with van der Waals surface area (Å²) in [6.07, 6.45) is -0.881. The van der Waals surface area contributed by atoms with Gasteiger partial charge in [0, 0.05) is 12.5 Å². The summed E-state index contributed by atoms with van der Waals surface area (Å²) in [6, 6.07) is 4.75. The SMILES string of the molecule is Cc1nc(CC(=O)C(=O)CC(=O)c2ccc(F)cc2)no1. The molecule has 0 aliphatic rings. The summed E-state index contributed by atoms with van der Waals surface area (Å²) in [5, 5.41) is 3.50. The Kier molecular flexibility index (Phi) is 4.32. The van der Waals surface area contributed by atoms with Crippen molar-refractivity contribution < 1.29 is 23.3 Å². The number of nitrogens with zero attached hydrogens (tertiary/aromatic N) is 2. The Balaban J connectivity index is 1.95. The van der Waals surface area contributed by atoms with Crippen LogP contribution >= 0.6 is 0 Å². The predicted octanol–water partition coefficient (Wildman–Crippen LogP) is 1.47. The monoisotopic (exact) mass is 290 g/mol. The zero-order chi connectivity index (χ0) is 15.4. The van der Waals surface area contributed by atoms with Gasteiger partial charge >= 0.3 is 0 Å². The van der Waals surface area contributed by atoms with Crippen molar-refractivity contribution in [1.29, 1.82) is 0 Å². The molecular weight excluding hydrogens is 279 g/mol. The highest BCUT2D eigenvalue weighted by atomic mass is 19.1. The second kappa shape index (κ2) is 6.17. The van der Waals surface area contributed by atoms with Gasteiger partial charge in [-0.05, 0) is 24.3 Å². The van der Waals surface area contributed by atoms with E-state index in [1.807, 2.05) is 0 Å². The van der Waals surface area contributed by atoms with Crippen molar-refractivity contribution in [2.75, 3.05) is 0 Å². The van der Waals surface area contributed by atoms with Gasteiger partial charge in [-0.15, -0.1) is 0 Å². The quantitative estimate of drug-likeness (QED) is 0.454. The van der Waals surface area contributed by atoms with E-state index in [9.17, 15) is 18.8 Å². The number of aryl methyl sites for hydroxylation is 1. The van der Waals surface area contributed by atoms with Gasteiger partial charge in [0.15, 0.2) is 11.6 Å². The first-order valence-electron chi connectivity index (χ1n) is 6.09. The molecule has 21 heavy (non-hydrogen) atoms. The number of aromatic nitrogens is 2. The molecule has 0 amide bonds. The standard InChI is InChI=1S/C14H11FN2O4/c1-8-16-14(17-21-8)7-13(20)12(19)6-11(18)9-2-4-10(15)5-3-9/h2-5H,6-7H2,1H3. The van der Waals surface area contributed by atoms with Gasteiger partial charge in [0.05, 0.1) is 12.8 Å². The molecule has 108 valence electrons. The third kappa shape index (κ3) is 3.88. The van der Waals surface area contributed by atoms with Gasteiger partial charge in [0.2, 0.25) is 17.5 Å². The first kappa shape index (κ1) is 14.7. The first-order valence-corrected chi connectivity index (χ1v) is 6.09. The van der Waals surface area contributed by atoms with Crippen molar-refractivity contribution in [3.8, 4) is 0 Å². The van der Waals surface area contributed by atoms with Crippen LogP contribution in [0.25, 0.3) is 0 Å². The van der Waals surface area contributed by atoms with E-state index in [0.717, 1.165) is 12.1 Å². The van der Waals surface area contributed by atoms with E-state index >= 15 is 0 Å². The number of carbonyl (C=O) groups excluding carboxylic acids is 3. The van der Waals surface area contributed by atoms with Gasteiger partial charge in [-0.3, -0.25) is 14.4 Å². The molecule has 1 heterocycles. The highest BCUT2D eigenvalue weighted by Gasteiger charge is 2.21. The van der Waals surface area contributed by atoms with Crippen molar-refractivity contribution in [3.05, 3.63) is 47.4 Å². The molecule has 0 aliphatic carbocycles. The van der Waals surface area contributed by atoms with Crippen molar-refractivity contribution in [2.24, 2.45) is 0 Å². The summed E-state index contributed by atoms with van der Waals surface area (Å²) in [6.45, 7) is 1.56. The smallest absolute Gasteiger partial charge is 0.223 e. The molecule has 0 atom stereocenters. The third-order valence-corrected chi connectivity index (χ3v) is 2.69. The summed E-state index contributed by atoms with van der Waals surface area (Å²) in [5.41, 5.74) is 0.174. The van der Waals surface area contributed by atoms with Crippen molar-refractivity contribution in [3.63, 3.8) is 0 Å². The largest absolute Gasteiger partial charge is 0.340 e. The van der Waals surface area contributed by atoms with Gasteiger partial charge in [0.25, 0.3) is 0 Å². The molecule has 2 rings (SSSR count). The van der Waals surface area contributed by atoms with E-state index < -0.39 is 29.6 Å². The Morgan fingerprint density at radius 3 is 2.38 bits per heavy atom.